The molecule has 0 spiro atoms. The summed E-state index contributed by atoms with van der Waals surface area (Å²) in [6, 6.07) is 16.1. The Hall–Kier alpha value is -3.21. The van der Waals surface area contributed by atoms with Gasteiger partial charge in [0.25, 0.3) is 5.91 Å². The average Bonchev–Trinajstić information content (AvgIpc) is 3.09. The van der Waals surface area contributed by atoms with Crippen LogP contribution >= 0.6 is 0 Å². The van der Waals surface area contributed by atoms with Crippen LogP contribution in [0.1, 0.15) is 72.9 Å². The molecule has 1 aromatic carbocycles. The molecule has 2 aromatic heterocycles. The van der Waals surface area contributed by atoms with E-state index < -0.39 is 0 Å². The number of aromatic nitrogens is 2. The van der Waals surface area contributed by atoms with E-state index >= 15 is 0 Å². The quantitative estimate of drug-likeness (QED) is 0.470. The average molecular weight is 484 g/mol. The minimum atomic E-state index is -0.155. The van der Waals surface area contributed by atoms with E-state index in [9.17, 15) is 9.59 Å². The third-order valence-electron chi connectivity index (χ3n) is 8.10. The van der Waals surface area contributed by atoms with Crippen molar-refractivity contribution in [2.45, 2.75) is 72.4 Å². The van der Waals surface area contributed by atoms with Crippen molar-refractivity contribution >= 4 is 5.91 Å². The van der Waals surface area contributed by atoms with Crippen LogP contribution in [0.2, 0.25) is 0 Å². The molecule has 5 heteroatoms. The molecule has 2 atom stereocenters. The molecule has 5 rings (SSSR count). The van der Waals surface area contributed by atoms with E-state index in [4.69, 9.17) is 0 Å². The van der Waals surface area contributed by atoms with Crippen LogP contribution in [0.4, 0.5) is 0 Å². The third kappa shape index (κ3) is 4.88. The van der Waals surface area contributed by atoms with Crippen molar-refractivity contribution < 1.29 is 4.79 Å². The van der Waals surface area contributed by atoms with Crippen molar-refractivity contribution in [2.24, 2.45) is 10.8 Å². The first-order valence-electron chi connectivity index (χ1n) is 13.1. The molecule has 0 unspecified atom stereocenters. The highest BCUT2D eigenvalue weighted by Crippen LogP contribution is 2.52. The van der Waals surface area contributed by atoms with E-state index in [2.05, 4.69) is 42.5 Å². The van der Waals surface area contributed by atoms with Crippen molar-refractivity contribution in [3.63, 3.8) is 0 Å². The van der Waals surface area contributed by atoms with Gasteiger partial charge in [0, 0.05) is 49.0 Å². The summed E-state index contributed by atoms with van der Waals surface area (Å²) in [6.07, 6.45) is 8.11. The first-order valence-corrected chi connectivity index (χ1v) is 13.1. The number of likely N-dealkylation sites (tertiary alicyclic amines) is 1. The van der Waals surface area contributed by atoms with Gasteiger partial charge in [-0.15, -0.1) is 0 Å². The van der Waals surface area contributed by atoms with E-state index in [1.54, 1.807) is 18.5 Å². The molecule has 2 bridgehead atoms. The summed E-state index contributed by atoms with van der Waals surface area (Å²) >= 11 is 0. The van der Waals surface area contributed by atoms with Crippen LogP contribution in [0.25, 0.3) is 0 Å². The van der Waals surface area contributed by atoms with Crippen molar-refractivity contribution in [1.82, 2.24) is 14.5 Å². The van der Waals surface area contributed by atoms with Gasteiger partial charge in [0.15, 0.2) is 5.43 Å². The smallest absolute Gasteiger partial charge is 0.259 e. The maximum absolute atomic E-state index is 14.2. The lowest BCUT2D eigenvalue weighted by Gasteiger charge is -2.39. The van der Waals surface area contributed by atoms with Gasteiger partial charge in [-0.25, -0.2) is 0 Å². The molecule has 1 amide bonds. The number of amides is 1. The summed E-state index contributed by atoms with van der Waals surface area (Å²) in [5.41, 5.74) is 4.55. The Balaban J connectivity index is 1.57. The predicted molar refractivity (Wildman–Crippen MR) is 143 cm³/mol. The maximum atomic E-state index is 14.2. The van der Waals surface area contributed by atoms with E-state index in [1.165, 1.54) is 5.56 Å². The molecule has 1 saturated heterocycles. The minimum Gasteiger partial charge on any atom is -0.343 e. The molecular formula is C31H37N3O2. The summed E-state index contributed by atoms with van der Waals surface area (Å²) in [6.45, 7) is 10.2. The summed E-state index contributed by atoms with van der Waals surface area (Å²) in [4.78, 5) is 33.9. The molecule has 1 aliphatic heterocycles. The number of nitrogens with zero attached hydrogens (tertiary/aromatic N) is 3. The monoisotopic (exact) mass is 483 g/mol. The Bertz CT molecular complexity index is 1310. The van der Waals surface area contributed by atoms with Crippen LogP contribution in [0.3, 0.4) is 0 Å². The van der Waals surface area contributed by atoms with Crippen LogP contribution in [-0.4, -0.2) is 32.9 Å². The molecule has 1 aliphatic carbocycles. The number of hydrogen-bond donors (Lipinski definition) is 0. The first-order chi connectivity index (χ1) is 17.1. The van der Waals surface area contributed by atoms with Gasteiger partial charge in [-0.05, 0) is 73.1 Å². The number of aryl methyl sites for hydroxylation is 2. The molecule has 3 aromatic rings. The van der Waals surface area contributed by atoms with Gasteiger partial charge in [-0.1, -0.05) is 51.1 Å². The molecule has 2 fully saturated rings. The normalized spacial score (nSPS) is 22.6. The fourth-order valence-electron chi connectivity index (χ4n) is 6.96. The number of hydrogen-bond acceptors (Lipinski definition) is 3. The second-order valence-corrected chi connectivity index (χ2v) is 12.0. The molecule has 0 N–H and O–H groups in total. The third-order valence-corrected chi connectivity index (χ3v) is 8.10. The molecule has 3 heterocycles. The van der Waals surface area contributed by atoms with Gasteiger partial charge < -0.3 is 9.47 Å². The molecule has 1 saturated carbocycles. The van der Waals surface area contributed by atoms with Gasteiger partial charge in [0.05, 0.1) is 0 Å². The second-order valence-electron chi connectivity index (χ2n) is 12.0. The van der Waals surface area contributed by atoms with E-state index in [0.29, 0.717) is 18.5 Å². The lowest BCUT2D eigenvalue weighted by molar-refractivity contribution is 0.0704. The van der Waals surface area contributed by atoms with Crippen molar-refractivity contribution in [1.29, 1.82) is 0 Å². The Morgan fingerprint density at radius 2 is 1.72 bits per heavy atom. The highest BCUT2D eigenvalue weighted by atomic mass is 16.2. The fourth-order valence-corrected chi connectivity index (χ4v) is 6.96. The number of rotatable bonds is 6. The zero-order chi connectivity index (χ0) is 25.5. The Morgan fingerprint density at radius 1 is 1.00 bits per heavy atom. The number of fused-ring (bicyclic) bond motifs is 2. The summed E-state index contributed by atoms with van der Waals surface area (Å²) in [5, 5.41) is 0. The molecule has 188 valence electrons. The lowest BCUT2D eigenvalue weighted by atomic mass is 9.65. The van der Waals surface area contributed by atoms with Gasteiger partial charge >= 0.3 is 0 Å². The lowest BCUT2D eigenvalue weighted by Crippen LogP contribution is -2.41. The summed E-state index contributed by atoms with van der Waals surface area (Å²) in [5.74, 6) is -0.0852. The fraction of sp³-hybridized carbons (Fsp3) is 0.452. The van der Waals surface area contributed by atoms with E-state index in [1.807, 2.05) is 42.2 Å². The number of carbonyl (C=O) groups is 1. The molecule has 0 radical (unpaired) electrons. The first kappa shape index (κ1) is 24.5. The van der Waals surface area contributed by atoms with Crippen molar-refractivity contribution in [3.05, 3.63) is 99.2 Å². The van der Waals surface area contributed by atoms with Gasteiger partial charge in [0.1, 0.15) is 5.56 Å². The summed E-state index contributed by atoms with van der Waals surface area (Å²) in [7, 11) is 0. The Morgan fingerprint density at radius 3 is 2.44 bits per heavy atom. The highest BCUT2D eigenvalue weighted by Gasteiger charge is 2.51. The standard InChI is InChI=1S/C31H37N3O2/c1-22-16-27(35)28(29(36)34-21-31(4)18-25(34)17-30(2,3)20-31)26(11-10-23-8-6-5-7-9-23)33(22)19-24-12-14-32-15-13-24/h5-9,12-16,25H,10-11,17-21H2,1-4H3/t25-,31+/m0/s1. The number of carbonyl (C=O) groups excluding carboxylic acids is 1. The zero-order valence-corrected chi connectivity index (χ0v) is 22.0. The molecule has 5 nitrogen and oxygen atoms in total. The zero-order valence-electron chi connectivity index (χ0n) is 22.0. The topological polar surface area (TPSA) is 55.2 Å². The Labute approximate surface area is 214 Å². The van der Waals surface area contributed by atoms with Crippen LogP contribution < -0.4 is 5.43 Å². The number of benzene rings is 1. The second kappa shape index (κ2) is 9.34. The van der Waals surface area contributed by atoms with Crippen LogP contribution in [0.5, 0.6) is 0 Å². The van der Waals surface area contributed by atoms with E-state index in [-0.39, 0.29) is 28.2 Å². The molecule has 2 aliphatic rings. The largest absolute Gasteiger partial charge is 0.343 e. The molecular weight excluding hydrogens is 446 g/mol. The van der Waals surface area contributed by atoms with Crippen molar-refractivity contribution in [3.8, 4) is 0 Å². The van der Waals surface area contributed by atoms with Crippen LogP contribution in [0.15, 0.2) is 65.7 Å². The number of pyridine rings is 2. The van der Waals surface area contributed by atoms with Crippen molar-refractivity contribution in [2.75, 3.05) is 6.54 Å². The predicted octanol–water partition coefficient (Wildman–Crippen LogP) is 5.43. The van der Waals surface area contributed by atoms with Crippen LogP contribution in [-0.2, 0) is 19.4 Å². The maximum Gasteiger partial charge on any atom is 0.259 e. The van der Waals surface area contributed by atoms with Gasteiger partial charge in [-0.3, -0.25) is 14.6 Å². The van der Waals surface area contributed by atoms with E-state index in [0.717, 1.165) is 49.2 Å². The Kier molecular flexibility index (Phi) is 6.36. The SMILES string of the molecule is Cc1cc(=O)c(C(=O)N2C[C@]3(C)C[C@@H]2CC(C)(C)C3)c(CCc2ccccc2)n1Cc1ccncc1. The minimum absolute atomic E-state index is 0.0852. The van der Waals surface area contributed by atoms with Crippen LogP contribution in [0, 0.1) is 17.8 Å². The van der Waals surface area contributed by atoms with Gasteiger partial charge in [-0.2, -0.15) is 0 Å². The summed E-state index contributed by atoms with van der Waals surface area (Å²) < 4.78 is 2.17. The molecule has 36 heavy (non-hydrogen) atoms. The van der Waals surface area contributed by atoms with Gasteiger partial charge in [0.2, 0.25) is 0 Å². The highest BCUT2D eigenvalue weighted by molar-refractivity contribution is 5.96.